The first-order chi connectivity index (χ1) is 16.2. The van der Waals surface area contributed by atoms with Gasteiger partial charge in [-0.1, -0.05) is 35.3 Å². The SMILES string of the molecule is N#CNc1ccc(Sc2ccc(Sc3ccc(Sc4ccc(NC#N)cc4)cc3)cc2)cc1. The highest BCUT2D eigenvalue weighted by atomic mass is 32.2. The van der Waals surface area contributed by atoms with Crippen LogP contribution < -0.4 is 10.6 Å². The molecule has 33 heavy (non-hydrogen) atoms. The van der Waals surface area contributed by atoms with Crippen LogP contribution in [0.2, 0.25) is 0 Å². The zero-order valence-corrected chi connectivity index (χ0v) is 19.8. The number of rotatable bonds is 8. The molecule has 4 rings (SSSR count). The average molecular weight is 483 g/mol. The molecule has 0 unspecified atom stereocenters. The number of anilines is 2. The summed E-state index contributed by atoms with van der Waals surface area (Å²) in [6.45, 7) is 0. The van der Waals surface area contributed by atoms with Crippen LogP contribution >= 0.6 is 35.3 Å². The predicted molar refractivity (Wildman–Crippen MR) is 137 cm³/mol. The second kappa shape index (κ2) is 11.4. The van der Waals surface area contributed by atoms with Crippen LogP contribution in [0.15, 0.2) is 126 Å². The largest absolute Gasteiger partial charge is 0.293 e. The maximum Gasteiger partial charge on any atom is 0.181 e. The van der Waals surface area contributed by atoms with Gasteiger partial charge in [0.25, 0.3) is 0 Å². The Bertz CT molecular complexity index is 1170. The molecule has 0 aromatic heterocycles. The molecule has 0 spiro atoms. The van der Waals surface area contributed by atoms with E-state index >= 15 is 0 Å². The maximum absolute atomic E-state index is 8.67. The van der Waals surface area contributed by atoms with Gasteiger partial charge in [-0.15, -0.1) is 0 Å². The van der Waals surface area contributed by atoms with E-state index in [-0.39, 0.29) is 0 Å². The van der Waals surface area contributed by atoms with E-state index in [1.165, 1.54) is 19.6 Å². The van der Waals surface area contributed by atoms with Crippen LogP contribution in [-0.4, -0.2) is 0 Å². The molecule has 0 heterocycles. The number of nitrogens with zero attached hydrogens (tertiary/aromatic N) is 2. The molecule has 0 atom stereocenters. The van der Waals surface area contributed by atoms with Crippen molar-refractivity contribution in [3.8, 4) is 12.4 Å². The molecule has 4 nitrogen and oxygen atoms in total. The molecule has 4 aromatic carbocycles. The van der Waals surface area contributed by atoms with Gasteiger partial charge >= 0.3 is 0 Å². The topological polar surface area (TPSA) is 71.6 Å². The Kier molecular flexibility index (Phi) is 7.84. The summed E-state index contributed by atoms with van der Waals surface area (Å²) in [6.07, 6.45) is 3.85. The standard InChI is InChI=1S/C26H18N4S3/c27-17-29-19-1-5-21(6-2-19)31-23-9-13-25(14-10-23)33-26-15-11-24(12-16-26)32-22-7-3-20(4-8-22)30-18-28/h1-16,29-30H. The Morgan fingerprint density at radius 3 is 0.818 bits per heavy atom. The molecule has 160 valence electrons. The van der Waals surface area contributed by atoms with Crippen molar-refractivity contribution in [2.45, 2.75) is 29.4 Å². The van der Waals surface area contributed by atoms with Gasteiger partial charge in [0.2, 0.25) is 0 Å². The van der Waals surface area contributed by atoms with Crippen LogP contribution in [0.3, 0.4) is 0 Å². The van der Waals surface area contributed by atoms with Crippen LogP contribution in [0.25, 0.3) is 0 Å². The zero-order chi connectivity index (χ0) is 22.9. The predicted octanol–water partition coefficient (Wildman–Crippen LogP) is 7.93. The first-order valence-corrected chi connectivity index (χ1v) is 12.4. The Hall–Kier alpha value is -3.49. The zero-order valence-electron chi connectivity index (χ0n) is 17.4. The summed E-state index contributed by atoms with van der Waals surface area (Å²) in [7, 11) is 0. The van der Waals surface area contributed by atoms with Crippen LogP contribution in [0.4, 0.5) is 11.4 Å². The summed E-state index contributed by atoms with van der Waals surface area (Å²) in [4.78, 5) is 6.97. The second-order valence-electron chi connectivity index (χ2n) is 6.77. The fraction of sp³-hybridized carbons (Fsp3) is 0. The fourth-order valence-electron chi connectivity index (χ4n) is 2.90. The molecular formula is C26H18N4S3. The van der Waals surface area contributed by atoms with Crippen molar-refractivity contribution < 1.29 is 0 Å². The molecule has 2 N–H and O–H groups in total. The molecule has 0 fully saturated rings. The average Bonchev–Trinajstić information content (AvgIpc) is 2.84. The lowest BCUT2D eigenvalue weighted by Gasteiger charge is -2.07. The fourth-order valence-corrected chi connectivity index (χ4v) is 5.35. The van der Waals surface area contributed by atoms with Crippen LogP contribution in [-0.2, 0) is 0 Å². The third kappa shape index (κ3) is 6.74. The maximum atomic E-state index is 8.67. The molecule has 0 bridgehead atoms. The van der Waals surface area contributed by atoms with Gasteiger partial charge in [-0.3, -0.25) is 10.6 Å². The molecule has 0 saturated carbocycles. The minimum absolute atomic E-state index is 0.795. The lowest BCUT2D eigenvalue weighted by atomic mass is 10.3. The van der Waals surface area contributed by atoms with Gasteiger partial charge in [-0.2, -0.15) is 10.5 Å². The quantitative estimate of drug-likeness (QED) is 0.195. The Morgan fingerprint density at radius 2 is 0.606 bits per heavy atom. The van der Waals surface area contributed by atoms with Gasteiger partial charge < -0.3 is 0 Å². The van der Waals surface area contributed by atoms with Gasteiger partial charge in [0.1, 0.15) is 0 Å². The summed E-state index contributed by atoms with van der Waals surface area (Å²) < 4.78 is 0. The molecule has 0 radical (unpaired) electrons. The summed E-state index contributed by atoms with van der Waals surface area (Å²) in [5.41, 5.74) is 1.59. The summed E-state index contributed by atoms with van der Waals surface area (Å²) in [6, 6.07) is 32.7. The third-order valence-electron chi connectivity index (χ3n) is 4.46. The van der Waals surface area contributed by atoms with E-state index in [4.69, 9.17) is 10.5 Å². The number of hydrogen-bond acceptors (Lipinski definition) is 7. The first kappa shape index (κ1) is 22.7. The van der Waals surface area contributed by atoms with Crippen LogP contribution in [0.1, 0.15) is 0 Å². The highest BCUT2D eigenvalue weighted by Gasteiger charge is 2.03. The normalized spacial score (nSPS) is 10.1. The Balaban J connectivity index is 1.32. The van der Waals surface area contributed by atoms with E-state index in [2.05, 4.69) is 59.2 Å². The van der Waals surface area contributed by atoms with Gasteiger partial charge in [-0.05, 0) is 97.1 Å². The lowest BCUT2D eigenvalue weighted by Crippen LogP contribution is -1.85. The lowest BCUT2D eigenvalue weighted by molar-refractivity contribution is 1.31. The highest BCUT2D eigenvalue weighted by molar-refractivity contribution is 8.00. The van der Waals surface area contributed by atoms with E-state index in [0.717, 1.165) is 21.2 Å². The Labute approximate surface area is 206 Å². The van der Waals surface area contributed by atoms with Gasteiger partial charge in [0, 0.05) is 40.7 Å². The molecule has 7 heteroatoms. The van der Waals surface area contributed by atoms with Crippen molar-refractivity contribution in [2.75, 3.05) is 10.6 Å². The van der Waals surface area contributed by atoms with Crippen LogP contribution in [0.5, 0.6) is 0 Å². The van der Waals surface area contributed by atoms with Crippen molar-refractivity contribution in [1.29, 1.82) is 10.5 Å². The minimum atomic E-state index is 0.795. The second-order valence-corrected chi connectivity index (χ2v) is 10.2. The molecule has 0 amide bonds. The molecule has 0 aliphatic carbocycles. The van der Waals surface area contributed by atoms with E-state index < -0.39 is 0 Å². The van der Waals surface area contributed by atoms with Crippen molar-refractivity contribution in [3.63, 3.8) is 0 Å². The van der Waals surface area contributed by atoms with Crippen molar-refractivity contribution in [2.24, 2.45) is 0 Å². The molecule has 4 aromatic rings. The minimum Gasteiger partial charge on any atom is -0.293 e. The number of hydrogen-bond donors (Lipinski definition) is 2. The molecular weight excluding hydrogens is 465 g/mol. The molecule has 0 aliphatic rings. The smallest absolute Gasteiger partial charge is 0.181 e. The Morgan fingerprint density at radius 1 is 0.394 bits per heavy atom. The van der Waals surface area contributed by atoms with E-state index in [9.17, 15) is 0 Å². The van der Waals surface area contributed by atoms with E-state index in [1.807, 2.05) is 60.9 Å². The number of nitriles is 2. The van der Waals surface area contributed by atoms with Crippen molar-refractivity contribution in [1.82, 2.24) is 0 Å². The summed E-state index contributed by atoms with van der Waals surface area (Å²) in [5.74, 6) is 0. The third-order valence-corrected chi connectivity index (χ3v) is 7.51. The molecule has 0 aliphatic heterocycles. The summed E-state index contributed by atoms with van der Waals surface area (Å²) >= 11 is 5.12. The summed E-state index contributed by atoms with van der Waals surface area (Å²) in [5, 5.41) is 22.6. The highest BCUT2D eigenvalue weighted by Crippen LogP contribution is 2.34. The van der Waals surface area contributed by atoms with Gasteiger partial charge in [0.15, 0.2) is 12.4 Å². The van der Waals surface area contributed by atoms with Gasteiger partial charge in [0.05, 0.1) is 0 Å². The molecule has 0 saturated heterocycles. The number of nitrogens with one attached hydrogen (secondary N) is 2. The first-order valence-electron chi connectivity index (χ1n) is 9.96. The van der Waals surface area contributed by atoms with Crippen molar-refractivity contribution in [3.05, 3.63) is 97.1 Å². The van der Waals surface area contributed by atoms with E-state index in [0.29, 0.717) is 0 Å². The van der Waals surface area contributed by atoms with Crippen molar-refractivity contribution >= 4 is 46.7 Å². The number of benzene rings is 4. The monoisotopic (exact) mass is 482 g/mol. The van der Waals surface area contributed by atoms with E-state index in [1.54, 1.807) is 35.3 Å². The van der Waals surface area contributed by atoms with Gasteiger partial charge in [-0.25, -0.2) is 0 Å². The van der Waals surface area contributed by atoms with Crippen LogP contribution in [0, 0.1) is 22.9 Å².